The van der Waals surface area contributed by atoms with Crippen molar-refractivity contribution in [2.24, 2.45) is 0 Å². The van der Waals surface area contributed by atoms with Gasteiger partial charge in [-0.2, -0.15) is 0 Å². The highest BCUT2D eigenvalue weighted by Crippen LogP contribution is 2.26. The first-order chi connectivity index (χ1) is 9.10. The molecule has 19 heavy (non-hydrogen) atoms. The maximum atomic E-state index is 11.9. The van der Waals surface area contributed by atoms with Crippen LogP contribution in [-0.2, 0) is 0 Å². The first kappa shape index (κ1) is 13.8. The topological polar surface area (TPSA) is 54.5 Å². The fourth-order valence-corrected chi connectivity index (χ4v) is 2.51. The highest BCUT2D eigenvalue weighted by atomic mass is 32.1. The van der Waals surface area contributed by atoms with Crippen LogP contribution in [0.5, 0.6) is 5.75 Å². The molecule has 102 valence electrons. The van der Waals surface area contributed by atoms with E-state index < -0.39 is 0 Å². The van der Waals surface area contributed by atoms with Crippen LogP contribution in [0.4, 0.5) is 0 Å². The molecule has 1 N–H and O–H groups in total. The quantitative estimate of drug-likeness (QED) is 0.903. The summed E-state index contributed by atoms with van der Waals surface area (Å²) in [4.78, 5) is 18.3. The van der Waals surface area contributed by atoms with E-state index in [9.17, 15) is 4.79 Å². The molecule has 0 unspecified atom stereocenters. The van der Waals surface area contributed by atoms with Gasteiger partial charge in [0.2, 0.25) is 0 Å². The number of carbonyl (C=O) groups is 1. The van der Waals surface area contributed by atoms with E-state index in [4.69, 9.17) is 4.74 Å². The van der Waals surface area contributed by atoms with Crippen molar-refractivity contribution in [2.75, 3.05) is 34.3 Å². The fourth-order valence-electron chi connectivity index (χ4n) is 1.60. The first-order valence-electron chi connectivity index (χ1n) is 5.97. The molecule has 1 amide bonds. The summed E-state index contributed by atoms with van der Waals surface area (Å²) in [5.41, 5.74) is 0.823. The molecule has 0 saturated carbocycles. The molecule has 1 heterocycles. The fraction of sp³-hybridized carbons (Fsp3) is 0.385. The molecule has 0 aliphatic rings. The summed E-state index contributed by atoms with van der Waals surface area (Å²) in [5, 5.41) is 3.34. The number of rotatable bonds is 5. The largest absolute Gasteiger partial charge is 0.497 e. The van der Waals surface area contributed by atoms with Crippen molar-refractivity contribution in [3.05, 3.63) is 23.2 Å². The number of methoxy groups -OCH3 is 1. The second-order valence-corrected chi connectivity index (χ2v) is 5.44. The summed E-state index contributed by atoms with van der Waals surface area (Å²) >= 11 is 1.38. The molecule has 2 rings (SSSR count). The third-order valence-corrected chi connectivity index (χ3v) is 3.65. The predicted molar refractivity (Wildman–Crippen MR) is 77.1 cm³/mol. The molecule has 1 aromatic carbocycles. The molecule has 5 nitrogen and oxygen atoms in total. The number of nitrogens with one attached hydrogen (secondary N) is 1. The highest BCUT2D eigenvalue weighted by molar-refractivity contribution is 7.20. The lowest BCUT2D eigenvalue weighted by molar-refractivity contribution is 0.0951. The second kappa shape index (κ2) is 5.99. The zero-order chi connectivity index (χ0) is 13.8. The van der Waals surface area contributed by atoms with Crippen LogP contribution in [0.25, 0.3) is 10.2 Å². The Labute approximate surface area is 116 Å². The smallest absolute Gasteiger partial charge is 0.280 e. The van der Waals surface area contributed by atoms with Gasteiger partial charge in [0.05, 0.1) is 17.3 Å². The lowest BCUT2D eigenvalue weighted by Crippen LogP contribution is -2.31. The number of nitrogens with zero attached hydrogens (tertiary/aromatic N) is 2. The SMILES string of the molecule is COc1ccc2nc(C(=O)NCCN(C)C)sc2c1. The van der Waals surface area contributed by atoms with Crippen LogP contribution in [0.15, 0.2) is 18.2 Å². The molecule has 0 bridgehead atoms. The first-order valence-corrected chi connectivity index (χ1v) is 6.79. The van der Waals surface area contributed by atoms with Crippen LogP contribution < -0.4 is 10.1 Å². The van der Waals surface area contributed by atoms with Gasteiger partial charge in [0.25, 0.3) is 5.91 Å². The van der Waals surface area contributed by atoms with E-state index >= 15 is 0 Å². The number of benzene rings is 1. The van der Waals surface area contributed by atoms with Gasteiger partial charge in [0, 0.05) is 13.1 Å². The average Bonchev–Trinajstić information content (AvgIpc) is 2.80. The summed E-state index contributed by atoms with van der Waals surface area (Å²) in [6.07, 6.45) is 0. The number of hydrogen-bond donors (Lipinski definition) is 1. The Morgan fingerprint density at radius 3 is 2.95 bits per heavy atom. The lowest BCUT2D eigenvalue weighted by atomic mass is 10.3. The molecule has 1 aromatic heterocycles. The molecule has 6 heteroatoms. The summed E-state index contributed by atoms with van der Waals surface area (Å²) in [5.74, 6) is 0.651. The van der Waals surface area contributed by atoms with Gasteiger partial charge >= 0.3 is 0 Å². The van der Waals surface area contributed by atoms with Crippen molar-refractivity contribution >= 4 is 27.5 Å². The molecule has 0 aliphatic carbocycles. The standard InChI is InChI=1S/C13H17N3O2S/c1-16(2)7-6-14-12(17)13-15-10-5-4-9(18-3)8-11(10)19-13/h4-5,8H,6-7H2,1-3H3,(H,14,17). The predicted octanol–water partition coefficient (Wildman–Crippen LogP) is 1.60. The number of aromatic nitrogens is 1. The Hall–Kier alpha value is -1.66. The molecule has 0 spiro atoms. The van der Waals surface area contributed by atoms with E-state index in [1.54, 1.807) is 7.11 Å². The highest BCUT2D eigenvalue weighted by Gasteiger charge is 2.12. The van der Waals surface area contributed by atoms with E-state index in [1.807, 2.05) is 37.2 Å². The van der Waals surface area contributed by atoms with Crippen molar-refractivity contribution in [3.63, 3.8) is 0 Å². The number of fused-ring (bicyclic) bond motifs is 1. The zero-order valence-electron chi connectivity index (χ0n) is 11.3. The maximum Gasteiger partial charge on any atom is 0.280 e. The van der Waals surface area contributed by atoms with E-state index in [0.717, 1.165) is 22.5 Å². The Balaban J connectivity index is 2.10. The molecular weight excluding hydrogens is 262 g/mol. The summed E-state index contributed by atoms with van der Waals surface area (Å²) in [6.45, 7) is 1.43. The average molecular weight is 279 g/mol. The van der Waals surface area contributed by atoms with E-state index in [0.29, 0.717) is 11.6 Å². The van der Waals surface area contributed by atoms with Gasteiger partial charge in [-0.15, -0.1) is 11.3 Å². The molecule has 0 aliphatic heterocycles. The number of hydrogen-bond acceptors (Lipinski definition) is 5. The van der Waals surface area contributed by atoms with E-state index in [-0.39, 0.29) is 5.91 Å². The monoisotopic (exact) mass is 279 g/mol. The molecule has 0 fully saturated rings. The number of thiazole rings is 1. The van der Waals surface area contributed by atoms with Crippen LogP contribution in [0, 0.1) is 0 Å². The van der Waals surface area contributed by atoms with Gasteiger partial charge < -0.3 is 15.0 Å². The molecule has 0 radical (unpaired) electrons. The number of amides is 1. The minimum atomic E-state index is -0.123. The molecule has 0 saturated heterocycles. The van der Waals surface area contributed by atoms with Crippen LogP contribution >= 0.6 is 11.3 Å². The third kappa shape index (κ3) is 3.42. The summed E-state index contributed by atoms with van der Waals surface area (Å²) in [7, 11) is 5.56. The van der Waals surface area contributed by atoms with E-state index in [2.05, 4.69) is 10.3 Å². The Morgan fingerprint density at radius 2 is 2.26 bits per heavy atom. The lowest BCUT2D eigenvalue weighted by Gasteiger charge is -2.09. The zero-order valence-corrected chi connectivity index (χ0v) is 12.1. The van der Waals surface area contributed by atoms with Gasteiger partial charge in [-0.25, -0.2) is 4.98 Å². The van der Waals surface area contributed by atoms with Crippen molar-refractivity contribution in [1.82, 2.24) is 15.2 Å². The third-order valence-electron chi connectivity index (χ3n) is 2.63. The minimum absolute atomic E-state index is 0.123. The van der Waals surface area contributed by atoms with Gasteiger partial charge in [0.1, 0.15) is 5.75 Å². The van der Waals surface area contributed by atoms with E-state index in [1.165, 1.54) is 11.3 Å². The number of likely N-dealkylation sites (N-methyl/N-ethyl adjacent to an activating group) is 1. The Morgan fingerprint density at radius 1 is 1.47 bits per heavy atom. The maximum absolute atomic E-state index is 11.9. The van der Waals surface area contributed by atoms with Crippen LogP contribution in [0.1, 0.15) is 9.80 Å². The van der Waals surface area contributed by atoms with Crippen LogP contribution in [-0.4, -0.2) is 50.1 Å². The number of ether oxygens (including phenoxy) is 1. The normalized spacial score (nSPS) is 10.9. The number of carbonyl (C=O) groups excluding carboxylic acids is 1. The second-order valence-electron chi connectivity index (χ2n) is 4.41. The van der Waals surface area contributed by atoms with Crippen LogP contribution in [0.2, 0.25) is 0 Å². The van der Waals surface area contributed by atoms with Crippen molar-refractivity contribution in [1.29, 1.82) is 0 Å². The van der Waals surface area contributed by atoms with Gasteiger partial charge in [-0.3, -0.25) is 4.79 Å². The molecule has 2 aromatic rings. The summed E-state index contributed by atoms with van der Waals surface area (Å²) in [6, 6.07) is 5.60. The molecular formula is C13H17N3O2S. The van der Waals surface area contributed by atoms with Crippen LogP contribution in [0.3, 0.4) is 0 Å². The van der Waals surface area contributed by atoms with Gasteiger partial charge in [0.15, 0.2) is 5.01 Å². The Kier molecular flexibility index (Phi) is 4.34. The van der Waals surface area contributed by atoms with Crippen molar-refractivity contribution in [2.45, 2.75) is 0 Å². The summed E-state index contributed by atoms with van der Waals surface area (Å²) < 4.78 is 6.11. The minimum Gasteiger partial charge on any atom is -0.497 e. The van der Waals surface area contributed by atoms with Crippen molar-refractivity contribution < 1.29 is 9.53 Å². The molecule has 0 atom stereocenters. The van der Waals surface area contributed by atoms with Gasteiger partial charge in [-0.1, -0.05) is 0 Å². The van der Waals surface area contributed by atoms with Crippen molar-refractivity contribution in [3.8, 4) is 5.75 Å². The van der Waals surface area contributed by atoms with Gasteiger partial charge in [-0.05, 0) is 32.3 Å². The Bertz CT molecular complexity index is 580.